The van der Waals surface area contributed by atoms with Crippen molar-refractivity contribution >= 4 is 5.91 Å². The predicted octanol–water partition coefficient (Wildman–Crippen LogP) is 2.75. The van der Waals surface area contributed by atoms with Crippen LogP contribution in [-0.2, 0) is 0 Å². The van der Waals surface area contributed by atoms with Crippen LogP contribution in [0.5, 0.6) is 0 Å². The van der Waals surface area contributed by atoms with E-state index in [-0.39, 0.29) is 11.9 Å². The van der Waals surface area contributed by atoms with E-state index < -0.39 is 0 Å². The van der Waals surface area contributed by atoms with Gasteiger partial charge in [0, 0.05) is 5.56 Å². The fourth-order valence-corrected chi connectivity index (χ4v) is 3.42. The zero-order valence-corrected chi connectivity index (χ0v) is 17.1. The van der Waals surface area contributed by atoms with Crippen molar-refractivity contribution in [2.75, 3.05) is 20.6 Å². The number of benzene rings is 2. The quantitative estimate of drug-likeness (QED) is 0.501. The Morgan fingerprint density at radius 2 is 1.73 bits per heavy atom. The summed E-state index contributed by atoms with van der Waals surface area (Å²) < 4.78 is 7.26. The Morgan fingerprint density at radius 3 is 2.37 bits per heavy atom. The number of furan rings is 1. The lowest BCUT2D eigenvalue weighted by Gasteiger charge is -2.19. The molecule has 0 aliphatic heterocycles. The second-order valence-electron chi connectivity index (χ2n) is 7.38. The summed E-state index contributed by atoms with van der Waals surface area (Å²) in [5.41, 5.74) is 3.05. The Hall–Kier alpha value is -3.64. The number of carbonyl (C=O) groups is 1. The highest BCUT2D eigenvalue weighted by atomic mass is 16.3. The fraction of sp³-hybridized carbons (Fsp3) is 0.167. The molecule has 1 atom stereocenters. The number of para-hydroxylation sites is 1. The summed E-state index contributed by atoms with van der Waals surface area (Å²) in [6.45, 7) is 0.454. The van der Waals surface area contributed by atoms with Gasteiger partial charge >= 0.3 is 0 Å². The third-order valence-electron chi connectivity index (χ3n) is 5.06. The van der Waals surface area contributed by atoms with E-state index >= 15 is 0 Å². The average Bonchev–Trinajstić information content (AvgIpc) is 3.45. The summed E-state index contributed by atoms with van der Waals surface area (Å²) in [5, 5.41) is 7.78. The number of quaternary nitrogens is 1. The van der Waals surface area contributed by atoms with Gasteiger partial charge in [-0.25, -0.2) is 4.68 Å². The number of amides is 1. The summed E-state index contributed by atoms with van der Waals surface area (Å²) >= 11 is 0. The lowest BCUT2D eigenvalue weighted by Crippen LogP contribution is -3.07. The van der Waals surface area contributed by atoms with Crippen molar-refractivity contribution < 1.29 is 14.1 Å². The minimum Gasteiger partial charge on any atom is -0.463 e. The summed E-state index contributed by atoms with van der Waals surface area (Å²) in [5.74, 6) is 0.670. The van der Waals surface area contributed by atoms with Crippen LogP contribution in [0.25, 0.3) is 16.9 Å². The highest BCUT2D eigenvalue weighted by Gasteiger charge is 2.23. The van der Waals surface area contributed by atoms with Gasteiger partial charge < -0.3 is 14.6 Å². The number of likely N-dealkylation sites (N-methyl/N-ethyl adjacent to an activating group) is 1. The predicted molar refractivity (Wildman–Crippen MR) is 116 cm³/mol. The molecule has 1 amide bonds. The standard InChI is InChI=1S/C24H24N4O2/c1-27(2)22(23-14-9-15-30-23)17-25-24(29)21-16-20(18-10-5-3-6-11-18)26-28(21)19-12-7-4-8-13-19/h3-16,22H,17H2,1-2H3,(H,25,29)/p+1/t22-/m1/s1. The molecule has 0 aliphatic carbocycles. The zero-order chi connectivity index (χ0) is 20.9. The zero-order valence-electron chi connectivity index (χ0n) is 17.1. The smallest absolute Gasteiger partial charge is 0.270 e. The molecule has 0 bridgehead atoms. The minimum absolute atomic E-state index is 0.0191. The second-order valence-corrected chi connectivity index (χ2v) is 7.38. The van der Waals surface area contributed by atoms with Crippen LogP contribution in [0, 0.1) is 0 Å². The molecule has 0 fully saturated rings. The van der Waals surface area contributed by atoms with Crippen molar-refractivity contribution in [3.8, 4) is 16.9 Å². The van der Waals surface area contributed by atoms with Gasteiger partial charge in [-0.3, -0.25) is 4.79 Å². The number of hydrogen-bond donors (Lipinski definition) is 2. The Labute approximate surface area is 175 Å². The van der Waals surface area contributed by atoms with Crippen molar-refractivity contribution in [2.24, 2.45) is 0 Å². The Bertz CT molecular complexity index is 1090. The van der Waals surface area contributed by atoms with Crippen LogP contribution < -0.4 is 10.2 Å². The molecule has 152 valence electrons. The van der Waals surface area contributed by atoms with Gasteiger partial charge in [-0.15, -0.1) is 0 Å². The summed E-state index contributed by atoms with van der Waals surface area (Å²) in [7, 11) is 4.09. The van der Waals surface area contributed by atoms with Crippen LogP contribution in [0.15, 0.2) is 89.5 Å². The number of hydrogen-bond acceptors (Lipinski definition) is 3. The summed E-state index contributed by atoms with van der Waals surface area (Å²) in [6, 6.07) is 25.2. The minimum atomic E-state index is -0.175. The lowest BCUT2D eigenvalue weighted by molar-refractivity contribution is -0.891. The van der Waals surface area contributed by atoms with Gasteiger partial charge in [0.1, 0.15) is 5.69 Å². The monoisotopic (exact) mass is 401 g/mol. The van der Waals surface area contributed by atoms with Crippen LogP contribution in [0.3, 0.4) is 0 Å². The van der Waals surface area contributed by atoms with Gasteiger partial charge in [-0.05, 0) is 30.3 Å². The molecular weight excluding hydrogens is 376 g/mol. The number of nitrogens with zero attached hydrogens (tertiary/aromatic N) is 2. The Morgan fingerprint density at radius 1 is 1.03 bits per heavy atom. The van der Waals surface area contributed by atoms with Gasteiger partial charge in [0.25, 0.3) is 5.91 Å². The van der Waals surface area contributed by atoms with Gasteiger partial charge in [0.05, 0.1) is 38.3 Å². The maximum absolute atomic E-state index is 13.2. The molecule has 4 aromatic rings. The highest BCUT2D eigenvalue weighted by molar-refractivity contribution is 5.94. The van der Waals surface area contributed by atoms with Gasteiger partial charge in [-0.2, -0.15) is 5.10 Å². The topological polar surface area (TPSA) is 64.5 Å². The van der Waals surface area contributed by atoms with Crippen LogP contribution in [-0.4, -0.2) is 36.3 Å². The SMILES string of the molecule is C[NH+](C)[C@H](CNC(=O)c1cc(-c2ccccc2)nn1-c1ccccc1)c1ccco1. The van der Waals surface area contributed by atoms with E-state index in [9.17, 15) is 4.79 Å². The summed E-state index contributed by atoms with van der Waals surface area (Å²) in [4.78, 5) is 14.3. The molecule has 2 heterocycles. The first kappa shape index (κ1) is 19.7. The number of aromatic nitrogens is 2. The van der Waals surface area contributed by atoms with E-state index in [0.717, 1.165) is 22.7 Å². The number of rotatable bonds is 7. The maximum Gasteiger partial charge on any atom is 0.270 e. The normalized spacial score (nSPS) is 12.1. The molecule has 6 heteroatoms. The molecule has 0 saturated carbocycles. The van der Waals surface area contributed by atoms with E-state index in [0.29, 0.717) is 12.2 Å². The summed E-state index contributed by atoms with van der Waals surface area (Å²) in [6.07, 6.45) is 1.66. The highest BCUT2D eigenvalue weighted by Crippen LogP contribution is 2.21. The van der Waals surface area contributed by atoms with Crippen molar-refractivity contribution in [3.05, 3.63) is 96.6 Å². The van der Waals surface area contributed by atoms with Crippen LogP contribution in [0.1, 0.15) is 22.3 Å². The third kappa shape index (κ3) is 4.18. The van der Waals surface area contributed by atoms with Crippen molar-refractivity contribution in [2.45, 2.75) is 6.04 Å². The van der Waals surface area contributed by atoms with E-state index in [1.165, 1.54) is 4.90 Å². The van der Waals surface area contributed by atoms with E-state index in [2.05, 4.69) is 5.32 Å². The Balaban J connectivity index is 1.63. The Kier molecular flexibility index (Phi) is 5.77. The molecular formula is C24H25N4O2+. The third-order valence-corrected chi connectivity index (χ3v) is 5.06. The lowest BCUT2D eigenvalue weighted by atomic mass is 10.1. The second kappa shape index (κ2) is 8.80. The fourth-order valence-electron chi connectivity index (χ4n) is 3.42. The van der Waals surface area contributed by atoms with E-state index in [1.807, 2.05) is 93.0 Å². The molecule has 0 unspecified atom stereocenters. The first-order valence-corrected chi connectivity index (χ1v) is 9.96. The molecule has 0 spiro atoms. The molecule has 4 rings (SSSR count). The van der Waals surface area contributed by atoms with Gasteiger partial charge in [0.15, 0.2) is 11.8 Å². The molecule has 2 N–H and O–H groups in total. The number of nitrogens with one attached hydrogen (secondary N) is 2. The van der Waals surface area contributed by atoms with E-state index in [4.69, 9.17) is 9.52 Å². The van der Waals surface area contributed by atoms with Crippen LogP contribution >= 0.6 is 0 Å². The first-order valence-electron chi connectivity index (χ1n) is 9.96. The molecule has 2 aromatic carbocycles. The van der Waals surface area contributed by atoms with Crippen molar-refractivity contribution in [1.29, 1.82) is 0 Å². The molecule has 0 saturated heterocycles. The molecule has 30 heavy (non-hydrogen) atoms. The van der Waals surface area contributed by atoms with Crippen LogP contribution in [0.4, 0.5) is 0 Å². The molecule has 2 aromatic heterocycles. The maximum atomic E-state index is 13.2. The van der Waals surface area contributed by atoms with Crippen molar-refractivity contribution in [1.82, 2.24) is 15.1 Å². The largest absolute Gasteiger partial charge is 0.463 e. The molecule has 0 aliphatic rings. The first-order chi connectivity index (χ1) is 14.6. The number of carbonyl (C=O) groups excluding carboxylic acids is 1. The van der Waals surface area contributed by atoms with Crippen molar-refractivity contribution in [3.63, 3.8) is 0 Å². The van der Waals surface area contributed by atoms with Gasteiger partial charge in [-0.1, -0.05) is 48.5 Å². The molecule has 0 radical (unpaired) electrons. The van der Waals surface area contributed by atoms with E-state index in [1.54, 1.807) is 10.9 Å². The van der Waals surface area contributed by atoms with Crippen LogP contribution in [0.2, 0.25) is 0 Å². The average molecular weight is 401 g/mol. The molecule has 6 nitrogen and oxygen atoms in total. The van der Waals surface area contributed by atoms with Gasteiger partial charge in [0.2, 0.25) is 0 Å².